The summed E-state index contributed by atoms with van der Waals surface area (Å²) >= 11 is 0. The van der Waals surface area contributed by atoms with Crippen LogP contribution in [0.25, 0.3) is 0 Å². The summed E-state index contributed by atoms with van der Waals surface area (Å²) in [5.41, 5.74) is 0. The quantitative estimate of drug-likeness (QED) is 0.342. The minimum absolute atomic E-state index is 0.157. The summed E-state index contributed by atoms with van der Waals surface area (Å²) < 4.78 is 4.91. The van der Waals surface area contributed by atoms with Gasteiger partial charge >= 0.3 is 5.97 Å². The molecule has 1 unspecified atom stereocenters. The lowest BCUT2D eigenvalue weighted by molar-refractivity contribution is -0.146. The van der Waals surface area contributed by atoms with Crippen molar-refractivity contribution in [3.63, 3.8) is 0 Å². The molecule has 0 fully saturated rings. The fraction of sp³-hybridized carbons (Fsp3) is 0.944. The molecule has 0 aliphatic carbocycles. The molecule has 0 spiro atoms. The fourth-order valence-electron chi connectivity index (χ4n) is 2.42. The first-order valence-corrected chi connectivity index (χ1v) is 9.04. The maximum atomic E-state index is 10.9. The van der Waals surface area contributed by atoms with Gasteiger partial charge in [-0.25, -0.2) is 0 Å². The van der Waals surface area contributed by atoms with Crippen LogP contribution in [0.15, 0.2) is 0 Å². The van der Waals surface area contributed by atoms with Gasteiger partial charge in [-0.1, -0.05) is 84.5 Å². The van der Waals surface area contributed by atoms with E-state index in [4.69, 9.17) is 4.74 Å². The third kappa shape index (κ3) is 15.6. The van der Waals surface area contributed by atoms with Crippen molar-refractivity contribution in [1.29, 1.82) is 0 Å². The predicted molar refractivity (Wildman–Crippen MR) is 88.3 cm³/mol. The Bertz CT molecular complexity index is 229. The Balaban J connectivity index is 3.16. The number of carbonyl (C=O) groups is 1. The summed E-state index contributed by atoms with van der Waals surface area (Å²) in [7, 11) is 0. The van der Waals surface area contributed by atoms with Crippen LogP contribution in [0.4, 0.5) is 0 Å². The lowest BCUT2D eigenvalue weighted by atomic mass is 10.0. The van der Waals surface area contributed by atoms with Gasteiger partial charge in [0.2, 0.25) is 0 Å². The van der Waals surface area contributed by atoms with Gasteiger partial charge in [0.1, 0.15) is 6.61 Å². The van der Waals surface area contributed by atoms with Crippen LogP contribution in [0.2, 0.25) is 0 Å². The number of hydrogen-bond acceptors (Lipinski definition) is 3. The van der Waals surface area contributed by atoms with E-state index in [0.717, 1.165) is 12.8 Å². The van der Waals surface area contributed by atoms with Crippen LogP contribution in [0.1, 0.15) is 97.3 Å². The molecule has 3 nitrogen and oxygen atoms in total. The van der Waals surface area contributed by atoms with Gasteiger partial charge < -0.3 is 9.84 Å². The average Bonchev–Trinajstić information content (AvgIpc) is 2.50. The van der Waals surface area contributed by atoms with Gasteiger partial charge in [0.25, 0.3) is 0 Å². The van der Waals surface area contributed by atoms with E-state index in [2.05, 4.69) is 6.92 Å². The highest BCUT2D eigenvalue weighted by molar-refractivity contribution is 5.68. The van der Waals surface area contributed by atoms with Crippen LogP contribution in [0, 0.1) is 0 Å². The lowest BCUT2D eigenvalue weighted by Gasteiger charge is -2.10. The van der Waals surface area contributed by atoms with Crippen LogP contribution in [-0.2, 0) is 9.53 Å². The number of carbonyl (C=O) groups excluding carboxylic acids is 1. The molecule has 1 atom stereocenters. The number of aliphatic hydroxyl groups is 1. The molecule has 1 N–H and O–H groups in total. The minimum atomic E-state index is -0.487. The Morgan fingerprint density at radius 3 is 1.81 bits per heavy atom. The van der Waals surface area contributed by atoms with Crippen molar-refractivity contribution in [3.05, 3.63) is 0 Å². The lowest BCUT2D eigenvalue weighted by Crippen LogP contribution is -2.18. The standard InChI is InChI=1S/C18H36O3/c1-3-5-6-7-8-9-10-11-12-13-14-15-17(19)16-21-18(20)4-2/h17,19H,3-16H2,1-2H3. The third-order valence-corrected chi connectivity index (χ3v) is 3.87. The van der Waals surface area contributed by atoms with Crippen LogP contribution in [0.3, 0.4) is 0 Å². The molecule has 0 heterocycles. The molecule has 0 aliphatic heterocycles. The van der Waals surface area contributed by atoms with Gasteiger partial charge in [-0.15, -0.1) is 0 Å². The van der Waals surface area contributed by atoms with E-state index >= 15 is 0 Å². The van der Waals surface area contributed by atoms with Gasteiger partial charge in [0.05, 0.1) is 6.10 Å². The summed E-state index contributed by atoms with van der Waals surface area (Å²) in [4.78, 5) is 10.9. The number of unbranched alkanes of at least 4 members (excludes halogenated alkanes) is 10. The Labute approximate surface area is 131 Å². The number of rotatable bonds is 15. The Morgan fingerprint density at radius 1 is 0.857 bits per heavy atom. The predicted octanol–water partition coefficient (Wildman–Crippen LogP) is 5.00. The van der Waals surface area contributed by atoms with E-state index in [9.17, 15) is 9.90 Å². The molecule has 0 rings (SSSR count). The second-order valence-electron chi connectivity index (χ2n) is 6.01. The van der Waals surface area contributed by atoms with Crippen LogP contribution < -0.4 is 0 Å². The Hall–Kier alpha value is -0.570. The van der Waals surface area contributed by atoms with Crippen molar-refractivity contribution in [3.8, 4) is 0 Å². The minimum Gasteiger partial charge on any atom is -0.463 e. The number of esters is 1. The Kier molecular flexibility index (Phi) is 15.4. The normalized spacial score (nSPS) is 12.3. The monoisotopic (exact) mass is 300 g/mol. The number of aliphatic hydroxyl groups excluding tert-OH is 1. The molecule has 21 heavy (non-hydrogen) atoms. The molecule has 0 aliphatic rings. The van der Waals surface area contributed by atoms with Gasteiger partial charge in [-0.3, -0.25) is 4.79 Å². The zero-order valence-electron chi connectivity index (χ0n) is 14.2. The maximum Gasteiger partial charge on any atom is 0.305 e. The topological polar surface area (TPSA) is 46.5 Å². The van der Waals surface area contributed by atoms with Crippen molar-refractivity contribution < 1.29 is 14.6 Å². The molecule has 0 saturated carbocycles. The van der Waals surface area contributed by atoms with E-state index in [1.165, 1.54) is 64.2 Å². The Morgan fingerprint density at radius 2 is 1.33 bits per heavy atom. The summed E-state index contributed by atoms with van der Waals surface area (Å²) in [6.07, 6.45) is 15.0. The summed E-state index contributed by atoms with van der Waals surface area (Å²) in [5, 5.41) is 9.66. The molecular weight excluding hydrogens is 264 g/mol. The second-order valence-corrected chi connectivity index (χ2v) is 6.01. The molecule has 0 saturated heterocycles. The highest BCUT2D eigenvalue weighted by atomic mass is 16.5. The molecule has 0 aromatic heterocycles. The highest BCUT2D eigenvalue weighted by Gasteiger charge is 2.06. The largest absolute Gasteiger partial charge is 0.463 e. The van der Waals surface area contributed by atoms with Crippen LogP contribution in [-0.4, -0.2) is 23.8 Å². The SMILES string of the molecule is CCCCCCCCCCCCCC(O)COC(=O)CC. The second kappa shape index (κ2) is 15.8. The summed E-state index contributed by atoms with van der Waals surface area (Å²) in [6, 6.07) is 0. The third-order valence-electron chi connectivity index (χ3n) is 3.87. The molecule has 0 radical (unpaired) electrons. The average molecular weight is 300 g/mol. The molecule has 0 amide bonds. The number of ether oxygens (including phenoxy) is 1. The van der Waals surface area contributed by atoms with Crippen molar-refractivity contribution >= 4 is 5.97 Å². The summed E-state index contributed by atoms with van der Waals surface area (Å²) in [5.74, 6) is -0.229. The highest BCUT2D eigenvalue weighted by Crippen LogP contribution is 2.12. The first-order valence-electron chi connectivity index (χ1n) is 9.04. The van der Waals surface area contributed by atoms with Crippen LogP contribution in [0.5, 0.6) is 0 Å². The smallest absolute Gasteiger partial charge is 0.305 e. The molecule has 0 aromatic carbocycles. The van der Waals surface area contributed by atoms with Crippen molar-refractivity contribution in [2.75, 3.05) is 6.61 Å². The summed E-state index contributed by atoms with van der Waals surface area (Å²) in [6.45, 7) is 4.17. The molecule has 0 aromatic rings. The fourth-order valence-corrected chi connectivity index (χ4v) is 2.42. The zero-order chi connectivity index (χ0) is 15.8. The molecule has 3 heteroatoms. The van der Waals surface area contributed by atoms with Crippen LogP contribution >= 0.6 is 0 Å². The van der Waals surface area contributed by atoms with E-state index in [1.807, 2.05) is 0 Å². The number of hydrogen-bond donors (Lipinski definition) is 1. The van der Waals surface area contributed by atoms with Crippen molar-refractivity contribution in [2.24, 2.45) is 0 Å². The van der Waals surface area contributed by atoms with E-state index in [1.54, 1.807) is 6.92 Å². The molecule has 0 bridgehead atoms. The van der Waals surface area contributed by atoms with Crippen molar-refractivity contribution in [2.45, 2.75) is 103 Å². The maximum absolute atomic E-state index is 10.9. The molecular formula is C18H36O3. The van der Waals surface area contributed by atoms with Gasteiger partial charge in [-0.2, -0.15) is 0 Å². The van der Waals surface area contributed by atoms with Gasteiger partial charge in [-0.05, 0) is 6.42 Å². The van der Waals surface area contributed by atoms with Gasteiger partial charge in [0.15, 0.2) is 0 Å². The molecule has 126 valence electrons. The first-order chi connectivity index (χ1) is 10.2. The zero-order valence-corrected chi connectivity index (χ0v) is 14.2. The van der Waals surface area contributed by atoms with Gasteiger partial charge in [0, 0.05) is 6.42 Å². The van der Waals surface area contributed by atoms with Crippen molar-refractivity contribution in [1.82, 2.24) is 0 Å². The van der Waals surface area contributed by atoms with E-state index in [0.29, 0.717) is 6.42 Å². The van der Waals surface area contributed by atoms with E-state index < -0.39 is 6.10 Å². The first kappa shape index (κ1) is 20.4. The van der Waals surface area contributed by atoms with E-state index in [-0.39, 0.29) is 12.6 Å².